The number of para-hydroxylation sites is 2. The van der Waals surface area contributed by atoms with Gasteiger partial charge in [-0.05, 0) is 31.2 Å². The lowest BCUT2D eigenvalue weighted by Crippen LogP contribution is -2.51. The van der Waals surface area contributed by atoms with E-state index in [1.165, 1.54) is 0 Å². The van der Waals surface area contributed by atoms with Gasteiger partial charge in [0.05, 0.1) is 0 Å². The number of nitrogens with zero attached hydrogens (tertiary/aromatic N) is 1. The molecule has 4 nitrogen and oxygen atoms in total. The molecular formula is C15H19NO3S. The molecule has 1 fully saturated rings. The Morgan fingerprint density at radius 3 is 2.75 bits per heavy atom. The van der Waals surface area contributed by atoms with Crippen LogP contribution in [-0.4, -0.2) is 47.6 Å². The Morgan fingerprint density at radius 2 is 1.95 bits per heavy atom. The van der Waals surface area contributed by atoms with Gasteiger partial charge in [-0.2, -0.15) is 11.8 Å². The highest BCUT2D eigenvalue weighted by molar-refractivity contribution is 7.99. The van der Waals surface area contributed by atoms with Gasteiger partial charge in [0.1, 0.15) is 6.10 Å². The molecule has 1 aromatic rings. The van der Waals surface area contributed by atoms with Crippen molar-refractivity contribution >= 4 is 17.7 Å². The Hall–Kier alpha value is -1.36. The molecule has 2 heterocycles. The van der Waals surface area contributed by atoms with E-state index in [2.05, 4.69) is 0 Å². The van der Waals surface area contributed by atoms with Crippen LogP contribution in [0.4, 0.5) is 0 Å². The predicted molar refractivity (Wildman–Crippen MR) is 79.5 cm³/mol. The molecule has 0 aliphatic carbocycles. The van der Waals surface area contributed by atoms with Gasteiger partial charge >= 0.3 is 0 Å². The summed E-state index contributed by atoms with van der Waals surface area (Å²) in [7, 11) is 0. The van der Waals surface area contributed by atoms with E-state index in [-0.39, 0.29) is 12.0 Å². The minimum atomic E-state index is -0.534. The second-order valence-corrected chi connectivity index (χ2v) is 6.32. The van der Waals surface area contributed by atoms with Crippen LogP contribution in [0.5, 0.6) is 11.5 Å². The van der Waals surface area contributed by atoms with Crippen LogP contribution in [0, 0.1) is 0 Å². The Bertz CT molecular complexity index is 486. The maximum atomic E-state index is 12.6. The molecule has 3 rings (SSSR count). The van der Waals surface area contributed by atoms with Crippen molar-refractivity contribution in [1.29, 1.82) is 0 Å². The maximum absolute atomic E-state index is 12.6. The van der Waals surface area contributed by atoms with E-state index >= 15 is 0 Å². The molecule has 0 spiro atoms. The molecule has 2 aliphatic heterocycles. The molecule has 1 aromatic carbocycles. The first-order valence-corrected chi connectivity index (χ1v) is 8.20. The van der Waals surface area contributed by atoms with Crippen molar-refractivity contribution < 1.29 is 14.3 Å². The molecule has 5 heteroatoms. The summed E-state index contributed by atoms with van der Waals surface area (Å²) in [5.41, 5.74) is 0. The average molecular weight is 293 g/mol. The van der Waals surface area contributed by atoms with Crippen LogP contribution in [0.25, 0.3) is 0 Å². The number of hydrogen-bond acceptors (Lipinski definition) is 4. The molecule has 1 saturated heterocycles. The van der Waals surface area contributed by atoms with Crippen LogP contribution in [0.2, 0.25) is 0 Å². The van der Waals surface area contributed by atoms with Gasteiger partial charge in [-0.1, -0.05) is 12.1 Å². The topological polar surface area (TPSA) is 38.8 Å². The number of amides is 1. The third kappa shape index (κ3) is 2.73. The summed E-state index contributed by atoms with van der Waals surface area (Å²) in [6.07, 6.45) is 0.260. The Balaban J connectivity index is 1.75. The summed E-state index contributed by atoms with van der Waals surface area (Å²) in [5, 5.41) is 0. The largest absolute Gasteiger partial charge is 0.482 e. The Labute approximate surface area is 123 Å². The summed E-state index contributed by atoms with van der Waals surface area (Å²) in [6, 6.07) is 7.51. The monoisotopic (exact) mass is 293 g/mol. The summed E-state index contributed by atoms with van der Waals surface area (Å²) in [6.45, 7) is 3.52. The first-order valence-electron chi connectivity index (χ1n) is 7.04. The summed E-state index contributed by atoms with van der Waals surface area (Å²) in [4.78, 5) is 14.6. The van der Waals surface area contributed by atoms with Crippen molar-refractivity contribution in [3.63, 3.8) is 0 Å². The van der Waals surface area contributed by atoms with E-state index in [1.54, 1.807) is 0 Å². The highest BCUT2D eigenvalue weighted by atomic mass is 32.2. The zero-order valence-electron chi connectivity index (χ0n) is 11.6. The van der Waals surface area contributed by atoms with E-state index in [4.69, 9.17) is 9.47 Å². The lowest BCUT2D eigenvalue weighted by Gasteiger charge is -2.34. The molecule has 0 N–H and O–H groups in total. The minimum absolute atomic E-state index is 0.0505. The SMILES string of the molecule is C[C@H]1Oc2ccccc2O[C@@H]1C(=O)N1CCCSCC1. The van der Waals surface area contributed by atoms with Gasteiger partial charge in [0.25, 0.3) is 5.91 Å². The Morgan fingerprint density at radius 1 is 1.20 bits per heavy atom. The summed E-state index contributed by atoms with van der Waals surface area (Å²) < 4.78 is 11.7. The highest BCUT2D eigenvalue weighted by Crippen LogP contribution is 2.34. The second kappa shape index (κ2) is 5.95. The quantitative estimate of drug-likeness (QED) is 0.795. The van der Waals surface area contributed by atoms with E-state index in [0.717, 1.165) is 36.8 Å². The fraction of sp³-hybridized carbons (Fsp3) is 0.533. The molecule has 2 atom stereocenters. The van der Waals surface area contributed by atoms with Crippen molar-refractivity contribution in [1.82, 2.24) is 4.90 Å². The fourth-order valence-corrected chi connectivity index (χ4v) is 3.42. The van der Waals surface area contributed by atoms with E-state index in [9.17, 15) is 4.79 Å². The van der Waals surface area contributed by atoms with Crippen molar-refractivity contribution in [2.45, 2.75) is 25.6 Å². The fourth-order valence-electron chi connectivity index (χ4n) is 2.54. The third-order valence-electron chi connectivity index (χ3n) is 3.62. The molecule has 2 aliphatic rings. The van der Waals surface area contributed by atoms with Crippen molar-refractivity contribution in [2.24, 2.45) is 0 Å². The van der Waals surface area contributed by atoms with E-state index in [0.29, 0.717) is 5.75 Å². The third-order valence-corrected chi connectivity index (χ3v) is 4.67. The molecule has 1 amide bonds. The van der Waals surface area contributed by atoms with Gasteiger partial charge in [-0.25, -0.2) is 0 Å². The van der Waals surface area contributed by atoms with Crippen molar-refractivity contribution in [3.8, 4) is 11.5 Å². The molecule has 0 unspecified atom stereocenters. The highest BCUT2D eigenvalue weighted by Gasteiger charge is 2.36. The standard InChI is InChI=1S/C15H19NO3S/c1-11-14(15(17)16-7-4-9-20-10-8-16)19-13-6-3-2-5-12(13)18-11/h2-3,5-6,11,14H,4,7-10H2,1H3/t11-,14+/m1/s1. The van der Waals surface area contributed by atoms with E-state index < -0.39 is 6.10 Å². The number of hydrogen-bond donors (Lipinski definition) is 0. The number of rotatable bonds is 1. The number of thioether (sulfide) groups is 1. The Kier molecular flexibility index (Phi) is 4.05. The normalized spacial score (nSPS) is 25.9. The number of ether oxygens (including phenoxy) is 2. The first-order chi connectivity index (χ1) is 9.75. The van der Waals surface area contributed by atoms with Gasteiger partial charge in [-0.3, -0.25) is 4.79 Å². The number of benzene rings is 1. The maximum Gasteiger partial charge on any atom is 0.267 e. The second-order valence-electron chi connectivity index (χ2n) is 5.10. The van der Waals surface area contributed by atoms with Crippen molar-refractivity contribution in [3.05, 3.63) is 24.3 Å². The predicted octanol–water partition coefficient (Wildman–Crippen LogP) is 2.18. The zero-order valence-corrected chi connectivity index (χ0v) is 12.4. The van der Waals surface area contributed by atoms with Gasteiger partial charge in [-0.15, -0.1) is 0 Å². The van der Waals surface area contributed by atoms with Crippen LogP contribution in [0.1, 0.15) is 13.3 Å². The summed E-state index contributed by atoms with van der Waals surface area (Å²) >= 11 is 1.91. The van der Waals surface area contributed by atoms with Gasteiger partial charge < -0.3 is 14.4 Å². The summed E-state index contributed by atoms with van der Waals surface area (Å²) in [5.74, 6) is 3.56. The van der Waals surface area contributed by atoms with E-state index in [1.807, 2.05) is 47.9 Å². The first kappa shape index (κ1) is 13.6. The lowest BCUT2D eigenvalue weighted by molar-refractivity contribution is -0.144. The molecule has 0 bridgehead atoms. The smallest absolute Gasteiger partial charge is 0.267 e. The molecule has 0 radical (unpaired) electrons. The average Bonchev–Trinajstić information content (AvgIpc) is 2.75. The van der Waals surface area contributed by atoms with Crippen LogP contribution in [-0.2, 0) is 4.79 Å². The van der Waals surface area contributed by atoms with Crippen molar-refractivity contribution in [2.75, 3.05) is 24.6 Å². The molecule has 0 aromatic heterocycles. The minimum Gasteiger partial charge on any atom is -0.482 e. The lowest BCUT2D eigenvalue weighted by atomic mass is 10.1. The van der Waals surface area contributed by atoms with Crippen LogP contribution in [0.15, 0.2) is 24.3 Å². The van der Waals surface area contributed by atoms with Crippen LogP contribution in [0.3, 0.4) is 0 Å². The van der Waals surface area contributed by atoms with Gasteiger partial charge in [0.15, 0.2) is 11.5 Å². The van der Waals surface area contributed by atoms with Gasteiger partial charge in [0.2, 0.25) is 6.10 Å². The molecular weight excluding hydrogens is 274 g/mol. The molecule has 20 heavy (non-hydrogen) atoms. The molecule has 0 saturated carbocycles. The zero-order chi connectivity index (χ0) is 13.9. The number of fused-ring (bicyclic) bond motifs is 1. The van der Waals surface area contributed by atoms with Gasteiger partial charge in [0, 0.05) is 18.8 Å². The van der Waals surface area contributed by atoms with Crippen LogP contribution < -0.4 is 9.47 Å². The number of carbonyl (C=O) groups is 1. The molecule has 108 valence electrons. The van der Waals surface area contributed by atoms with Crippen LogP contribution >= 0.6 is 11.8 Å². The number of carbonyl (C=O) groups excluding carboxylic acids is 1.